The molecule has 1 aliphatic rings. The van der Waals surface area contributed by atoms with Gasteiger partial charge in [-0.3, -0.25) is 4.79 Å². The van der Waals surface area contributed by atoms with Crippen molar-refractivity contribution in [3.05, 3.63) is 17.8 Å². The number of anilines is 1. The molecule has 1 amide bonds. The molecule has 0 atom stereocenters. The van der Waals surface area contributed by atoms with Gasteiger partial charge in [0.1, 0.15) is 30.1 Å². The van der Waals surface area contributed by atoms with E-state index < -0.39 is 43.4 Å². The van der Waals surface area contributed by atoms with Gasteiger partial charge in [0.05, 0.1) is 13.7 Å². The molecule has 0 saturated heterocycles. The number of carbonyl (C=O) groups excluding carboxylic acids is 2. The molecule has 32 heavy (non-hydrogen) atoms. The number of hydrogen-bond acceptors (Lipinski definition) is 6. The summed E-state index contributed by atoms with van der Waals surface area (Å²) in [6, 6.07) is 2.48. The molecule has 0 aliphatic heterocycles. The SMILES string of the molecule is CCC(CC)(NC(=O)c1ccc(N(CCF)CC(F)(F)F)c(OCC2CC2)n1)C(=O)OC. The lowest BCUT2D eigenvalue weighted by Gasteiger charge is -2.30. The summed E-state index contributed by atoms with van der Waals surface area (Å²) in [5.41, 5.74) is -1.46. The molecule has 180 valence electrons. The first-order chi connectivity index (χ1) is 15.1. The molecular weight excluding hydrogens is 434 g/mol. The third-order valence-electron chi connectivity index (χ3n) is 5.43. The predicted molar refractivity (Wildman–Crippen MR) is 109 cm³/mol. The zero-order valence-electron chi connectivity index (χ0n) is 18.4. The minimum Gasteiger partial charge on any atom is -0.476 e. The number of pyridine rings is 1. The van der Waals surface area contributed by atoms with Gasteiger partial charge in [-0.05, 0) is 43.7 Å². The van der Waals surface area contributed by atoms with E-state index in [1.165, 1.54) is 19.2 Å². The van der Waals surface area contributed by atoms with Crippen LogP contribution in [0.5, 0.6) is 5.88 Å². The highest BCUT2D eigenvalue weighted by Gasteiger charge is 2.38. The van der Waals surface area contributed by atoms with Crippen molar-refractivity contribution in [1.29, 1.82) is 0 Å². The third kappa shape index (κ3) is 6.70. The predicted octanol–water partition coefficient (Wildman–Crippen LogP) is 3.67. The normalized spacial score (nSPS) is 14.1. The van der Waals surface area contributed by atoms with Gasteiger partial charge in [0.25, 0.3) is 5.91 Å². The van der Waals surface area contributed by atoms with Crippen molar-refractivity contribution in [1.82, 2.24) is 10.3 Å². The van der Waals surface area contributed by atoms with Crippen LogP contribution >= 0.6 is 0 Å². The Morgan fingerprint density at radius 3 is 2.38 bits per heavy atom. The van der Waals surface area contributed by atoms with E-state index in [2.05, 4.69) is 10.3 Å². The molecule has 1 heterocycles. The van der Waals surface area contributed by atoms with Crippen LogP contribution in [0.15, 0.2) is 12.1 Å². The number of rotatable bonds is 12. The second-order valence-electron chi connectivity index (χ2n) is 7.74. The van der Waals surface area contributed by atoms with Crippen molar-refractivity contribution in [2.24, 2.45) is 5.92 Å². The molecule has 0 aromatic carbocycles. The van der Waals surface area contributed by atoms with Crippen molar-refractivity contribution in [3.63, 3.8) is 0 Å². The van der Waals surface area contributed by atoms with Crippen LogP contribution in [0.25, 0.3) is 0 Å². The minimum absolute atomic E-state index is 0.0533. The molecule has 1 saturated carbocycles. The first kappa shape index (κ1) is 25.7. The number of esters is 1. The molecular formula is C21H29F4N3O4. The summed E-state index contributed by atoms with van der Waals surface area (Å²) >= 11 is 0. The number of hydrogen-bond donors (Lipinski definition) is 1. The maximum atomic E-state index is 13.0. The monoisotopic (exact) mass is 463 g/mol. The first-order valence-electron chi connectivity index (χ1n) is 10.5. The van der Waals surface area contributed by atoms with Crippen LogP contribution in [0, 0.1) is 5.92 Å². The van der Waals surface area contributed by atoms with Gasteiger partial charge in [0.2, 0.25) is 5.88 Å². The molecule has 2 rings (SSSR count). The number of ether oxygens (including phenoxy) is 2. The Balaban J connectivity index is 2.36. The average Bonchev–Trinajstić information content (AvgIpc) is 3.58. The Labute approximate surface area is 184 Å². The first-order valence-corrected chi connectivity index (χ1v) is 10.5. The minimum atomic E-state index is -4.57. The molecule has 1 aromatic rings. The van der Waals surface area contributed by atoms with E-state index >= 15 is 0 Å². The Hall–Kier alpha value is -2.59. The average molecular weight is 463 g/mol. The quantitative estimate of drug-likeness (QED) is 0.376. The van der Waals surface area contributed by atoms with Gasteiger partial charge in [-0.2, -0.15) is 13.2 Å². The van der Waals surface area contributed by atoms with Crippen LogP contribution in [0.4, 0.5) is 23.2 Å². The lowest BCUT2D eigenvalue weighted by molar-refractivity contribution is -0.148. The molecule has 11 heteroatoms. The number of methoxy groups -OCH3 is 1. The van der Waals surface area contributed by atoms with Crippen LogP contribution < -0.4 is 15.0 Å². The van der Waals surface area contributed by atoms with Gasteiger partial charge >= 0.3 is 12.1 Å². The van der Waals surface area contributed by atoms with Gasteiger partial charge in [-0.1, -0.05) is 13.8 Å². The Morgan fingerprint density at radius 1 is 1.22 bits per heavy atom. The topological polar surface area (TPSA) is 80.8 Å². The fourth-order valence-corrected chi connectivity index (χ4v) is 3.23. The van der Waals surface area contributed by atoms with Crippen molar-refractivity contribution in [2.45, 2.75) is 51.2 Å². The maximum Gasteiger partial charge on any atom is 0.405 e. The largest absolute Gasteiger partial charge is 0.476 e. The van der Waals surface area contributed by atoms with E-state index in [1.807, 2.05) is 0 Å². The molecule has 0 spiro atoms. The van der Waals surface area contributed by atoms with E-state index in [-0.39, 0.29) is 42.6 Å². The fourth-order valence-electron chi connectivity index (χ4n) is 3.23. The number of nitrogens with one attached hydrogen (secondary N) is 1. The molecule has 0 unspecified atom stereocenters. The summed E-state index contributed by atoms with van der Waals surface area (Å²) in [6.45, 7) is 0.761. The highest BCUT2D eigenvalue weighted by molar-refractivity contribution is 5.97. The van der Waals surface area contributed by atoms with Crippen LogP contribution in [0.2, 0.25) is 0 Å². The fraction of sp³-hybridized carbons (Fsp3) is 0.667. The smallest absolute Gasteiger partial charge is 0.405 e. The summed E-state index contributed by atoms with van der Waals surface area (Å²) in [5, 5.41) is 2.63. The summed E-state index contributed by atoms with van der Waals surface area (Å²) < 4.78 is 62.5. The number of halogens is 4. The lowest BCUT2D eigenvalue weighted by atomic mass is 9.92. The van der Waals surface area contributed by atoms with Gasteiger partial charge < -0.3 is 19.7 Å². The maximum absolute atomic E-state index is 13.0. The van der Waals surface area contributed by atoms with Crippen molar-refractivity contribution < 1.29 is 36.6 Å². The van der Waals surface area contributed by atoms with Crippen LogP contribution in [0.3, 0.4) is 0 Å². The molecule has 1 aliphatic carbocycles. The van der Waals surface area contributed by atoms with E-state index in [4.69, 9.17) is 9.47 Å². The van der Waals surface area contributed by atoms with E-state index in [9.17, 15) is 27.2 Å². The summed E-state index contributed by atoms with van der Waals surface area (Å²) in [5.74, 6) is -1.22. The summed E-state index contributed by atoms with van der Waals surface area (Å²) in [4.78, 5) is 30.0. The molecule has 1 fully saturated rings. The highest BCUT2D eigenvalue weighted by Crippen LogP contribution is 2.33. The zero-order valence-corrected chi connectivity index (χ0v) is 18.4. The summed E-state index contributed by atoms with van der Waals surface area (Å²) in [7, 11) is 1.21. The van der Waals surface area contributed by atoms with Gasteiger partial charge in [-0.15, -0.1) is 0 Å². The molecule has 0 radical (unpaired) electrons. The third-order valence-corrected chi connectivity index (χ3v) is 5.43. The lowest BCUT2D eigenvalue weighted by Crippen LogP contribution is -2.54. The Kier molecular flexibility index (Phi) is 8.68. The Bertz CT molecular complexity index is 796. The van der Waals surface area contributed by atoms with Gasteiger partial charge in [0.15, 0.2) is 0 Å². The van der Waals surface area contributed by atoms with Crippen molar-refractivity contribution in [3.8, 4) is 5.88 Å². The van der Waals surface area contributed by atoms with Crippen LogP contribution in [0.1, 0.15) is 50.0 Å². The van der Waals surface area contributed by atoms with Crippen molar-refractivity contribution >= 4 is 17.6 Å². The number of amides is 1. The highest BCUT2D eigenvalue weighted by atomic mass is 19.4. The number of alkyl halides is 4. The second-order valence-corrected chi connectivity index (χ2v) is 7.74. The second kappa shape index (κ2) is 10.8. The van der Waals surface area contributed by atoms with E-state index in [1.54, 1.807) is 13.8 Å². The zero-order chi connectivity index (χ0) is 23.9. The number of carbonyl (C=O) groups is 2. The Morgan fingerprint density at radius 2 is 1.88 bits per heavy atom. The standard InChI is InChI=1S/C21H29F4N3O4/c1-4-20(5-2,19(30)31-3)27-17(29)15-8-9-16(18(26-15)32-12-14-6-7-14)28(11-10-22)13-21(23,24)25/h8-9,14H,4-7,10-13H2,1-3H3,(H,27,29). The molecule has 0 bridgehead atoms. The molecule has 1 aromatic heterocycles. The van der Waals surface area contributed by atoms with Gasteiger partial charge in [0, 0.05) is 6.54 Å². The van der Waals surface area contributed by atoms with E-state index in [0.717, 1.165) is 17.7 Å². The van der Waals surface area contributed by atoms with E-state index in [0.29, 0.717) is 0 Å². The number of aromatic nitrogens is 1. The van der Waals surface area contributed by atoms with Gasteiger partial charge in [-0.25, -0.2) is 14.2 Å². The van der Waals surface area contributed by atoms with Crippen molar-refractivity contribution in [2.75, 3.05) is 38.4 Å². The van der Waals surface area contributed by atoms with Crippen LogP contribution in [-0.4, -0.2) is 62.1 Å². The molecule has 7 nitrogen and oxygen atoms in total. The molecule has 1 N–H and O–H groups in total. The van der Waals surface area contributed by atoms with Crippen LogP contribution in [-0.2, 0) is 9.53 Å². The number of nitrogens with zero attached hydrogens (tertiary/aromatic N) is 2. The summed E-state index contributed by atoms with van der Waals surface area (Å²) in [6.07, 6.45) is -2.18.